The maximum absolute atomic E-state index is 12.7. The van der Waals surface area contributed by atoms with Gasteiger partial charge >= 0.3 is 0 Å². The third-order valence-electron chi connectivity index (χ3n) is 7.57. The van der Waals surface area contributed by atoms with E-state index in [4.69, 9.17) is 5.73 Å². The molecular formula is C29H31N3O4S. The van der Waals surface area contributed by atoms with Crippen LogP contribution in [0.3, 0.4) is 0 Å². The Morgan fingerprint density at radius 3 is 2.49 bits per heavy atom. The molecular weight excluding hydrogens is 486 g/mol. The topological polar surface area (TPSA) is 110 Å². The number of amides is 2. The summed E-state index contributed by atoms with van der Waals surface area (Å²) in [5.74, 6) is -0.525. The lowest BCUT2D eigenvalue weighted by atomic mass is 9.90. The number of allylic oxidation sites excluding steroid dienone is 2. The fourth-order valence-electron chi connectivity index (χ4n) is 5.49. The second-order valence-electron chi connectivity index (χ2n) is 9.92. The van der Waals surface area contributed by atoms with Crippen LogP contribution in [0.1, 0.15) is 52.7 Å². The van der Waals surface area contributed by atoms with Crippen molar-refractivity contribution in [3.63, 3.8) is 0 Å². The van der Waals surface area contributed by atoms with Crippen molar-refractivity contribution in [1.82, 2.24) is 4.31 Å². The Morgan fingerprint density at radius 1 is 1.03 bits per heavy atom. The van der Waals surface area contributed by atoms with Gasteiger partial charge in [-0.2, -0.15) is 4.31 Å². The van der Waals surface area contributed by atoms with Crippen molar-refractivity contribution in [1.29, 1.82) is 0 Å². The lowest BCUT2D eigenvalue weighted by Gasteiger charge is -2.24. The molecule has 1 aliphatic heterocycles. The Labute approximate surface area is 217 Å². The van der Waals surface area contributed by atoms with E-state index in [-0.39, 0.29) is 5.91 Å². The van der Waals surface area contributed by atoms with Crippen LogP contribution < -0.4 is 11.1 Å². The lowest BCUT2D eigenvalue weighted by Crippen LogP contribution is -2.34. The third kappa shape index (κ3) is 4.91. The summed E-state index contributed by atoms with van der Waals surface area (Å²) in [6.07, 6.45) is 11.2. The van der Waals surface area contributed by atoms with Crippen LogP contribution in [0.15, 0.2) is 59.2 Å². The number of hydrogen-bond acceptors (Lipinski definition) is 4. The number of carbonyl (C=O) groups is 2. The molecule has 0 spiro atoms. The number of anilines is 1. The van der Waals surface area contributed by atoms with E-state index in [0.717, 1.165) is 69.5 Å². The maximum atomic E-state index is 12.7. The minimum atomic E-state index is -3.24. The van der Waals surface area contributed by atoms with Crippen molar-refractivity contribution < 1.29 is 18.0 Å². The van der Waals surface area contributed by atoms with Crippen molar-refractivity contribution in [2.45, 2.75) is 39.0 Å². The van der Waals surface area contributed by atoms with E-state index >= 15 is 0 Å². The first-order valence-corrected chi connectivity index (χ1v) is 14.4. The maximum Gasteiger partial charge on any atom is 0.251 e. The van der Waals surface area contributed by atoms with Crippen LogP contribution in [0.4, 0.5) is 5.69 Å². The summed E-state index contributed by atoms with van der Waals surface area (Å²) in [5.41, 5.74) is 14.7. The van der Waals surface area contributed by atoms with Gasteiger partial charge in [0.05, 0.1) is 6.26 Å². The number of hydrogen-bond donors (Lipinski definition) is 2. The highest BCUT2D eigenvalue weighted by Gasteiger charge is 2.27. The number of sulfonamides is 1. The van der Waals surface area contributed by atoms with E-state index in [1.54, 1.807) is 6.07 Å². The van der Waals surface area contributed by atoms with Gasteiger partial charge in [-0.25, -0.2) is 8.42 Å². The molecule has 5 rings (SSSR count). The van der Waals surface area contributed by atoms with Crippen LogP contribution in [0, 0.1) is 6.92 Å². The van der Waals surface area contributed by atoms with Crippen LogP contribution in [-0.4, -0.2) is 43.9 Å². The molecule has 2 aliphatic carbocycles. The molecule has 0 fully saturated rings. The molecule has 2 amide bonds. The second-order valence-corrected chi connectivity index (χ2v) is 11.9. The highest BCUT2D eigenvalue weighted by molar-refractivity contribution is 7.88. The van der Waals surface area contributed by atoms with E-state index in [0.29, 0.717) is 31.5 Å². The van der Waals surface area contributed by atoms with E-state index in [1.807, 2.05) is 43.3 Å². The van der Waals surface area contributed by atoms with Gasteiger partial charge in [0.1, 0.15) is 0 Å². The molecule has 2 aromatic carbocycles. The van der Waals surface area contributed by atoms with Gasteiger partial charge in [0.15, 0.2) is 0 Å². The normalized spacial score (nSPS) is 17.6. The Bertz CT molecular complexity index is 1520. The molecule has 3 aliphatic rings. The number of rotatable bonds is 6. The molecule has 0 aromatic heterocycles. The first-order chi connectivity index (χ1) is 17.6. The fourth-order valence-corrected chi connectivity index (χ4v) is 6.26. The number of primary amides is 1. The van der Waals surface area contributed by atoms with Crippen LogP contribution >= 0.6 is 0 Å². The molecule has 192 valence electrons. The predicted molar refractivity (Wildman–Crippen MR) is 146 cm³/mol. The zero-order valence-corrected chi connectivity index (χ0v) is 22.0. The van der Waals surface area contributed by atoms with Gasteiger partial charge in [0.2, 0.25) is 15.9 Å². The number of fused-ring (bicyclic) bond motifs is 1. The summed E-state index contributed by atoms with van der Waals surface area (Å²) in [4.78, 5) is 25.0. The van der Waals surface area contributed by atoms with E-state index in [9.17, 15) is 18.0 Å². The molecule has 0 unspecified atom stereocenters. The third-order valence-corrected chi connectivity index (χ3v) is 8.84. The number of nitrogens with one attached hydrogen (secondary N) is 1. The predicted octanol–water partition coefficient (Wildman–Crippen LogP) is 4.34. The quantitative estimate of drug-likeness (QED) is 0.594. The van der Waals surface area contributed by atoms with Gasteiger partial charge in [0.25, 0.3) is 5.91 Å². The number of carbonyl (C=O) groups excluding carboxylic acids is 2. The summed E-state index contributed by atoms with van der Waals surface area (Å²) < 4.78 is 25.3. The molecule has 8 heteroatoms. The van der Waals surface area contributed by atoms with Crippen molar-refractivity contribution in [3.8, 4) is 11.1 Å². The van der Waals surface area contributed by atoms with E-state index in [1.165, 1.54) is 10.6 Å². The van der Waals surface area contributed by atoms with Crippen molar-refractivity contribution in [2.24, 2.45) is 5.73 Å². The summed E-state index contributed by atoms with van der Waals surface area (Å²) in [6, 6.07) is 9.56. The van der Waals surface area contributed by atoms with Gasteiger partial charge in [-0.15, -0.1) is 0 Å². The minimum Gasteiger partial charge on any atom is -0.366 e. The molecule has 0 saturated heterocycles. The smallest absolute Gasteiger partial charge is 0.251 e. The van der Waals surface area contributed by atoms with Crippen molar-refractivity contribution in [2.75, 3.05) is 24.7 Å². The van der Waals surface area contributed by atoms with Crippen molar-refractivity contribution >= 4 is 33.6 Å². The summed E-state index contributed by atoms with van der Waals surface area (Å²) >= 11 is 0. The molecule has 0 radical (unpaired) electrons. The molecule has 0 bridgehead atoms. The van der Waals surface area contributed by atoms with Gasteiger partial charge in [-0.05, 0) is 90.1 Å². The molecule has 7 nitrogen and oxygen atoms in total. The highest BCUT2D eigenvalue weighted by Crippen LogP contribution is 2.41. The zero-order valence-electron chi connectivity index (χ0n) is 21.1. The fraction of sp³-hybridized carbons (Fsp3) is 0.310. The van der Waals surface area contributed by atoms with Crippen LogP contribution in [0.2, 0.25) is 0 Å². The highest BCUT2D eigenvalue weighted by atomic mass is 32.2. The van der Waals surface area contributed by atoms with Gasteiger partial charge in [-0.1, -0.05) is 36.4 Å². The van der Waals surface area contributed by atoms with Crippen molar-refractivity contribution in [3.05, 3.63) is 81.5 Å². The van der Waals surface area contributed by atoms with Crippen LogP contribution in [0.5, 0.6) is 0 Å². The van der Waals surface area contributed by atoms with Crippen LogP contribution in [0.25, 0.3) is 17.2 Å². The SMILES string of the molecule is Cc1c(NC(=O)C2=CCCC2)cccc1-c1ccc(C(N)=O)c2c1C=C(C1=CCN(S(C)(=O)=O)CC1)C2. The lowest BCUT2D eigenvalue weighted by molar-refractivity contribution is -0.112. The number of benzene rings is 2. The average Bonchev–Trinajstić information content (AvgIpc) is 3.55. The van der Waals surface area contributed by atoms with Crippen LogP contribution in [-0.2, 0) is 21.2 Å². The molecule has 0 atom stereocenters. The number of nitrogens with zero attached hydrogens (tertiary/aromatic N) is 1. The zero-order chi connectivity index (χ0) is 26.3. The second kappa shape index (κ2) is 9.76. The monoisotopic (exact) mass is 517 g/mol. The van der Waals surface area contributed by atoms with Gasteiger partial charge in [0, 0.05) is 29.9 Å². The minimum absolute atomic E-state index is 0.0541. The standard InChI is InChI=1S/C29H31N3O4S/c1-18-22(8-5-9-27(18)31-29(34)20-6-3-4-7-20)23-10-11-24(28(30)33)26-17-21(16-25(23)26)19-12-14-32(15-13-19)37(2,35)36/h5-6,8-12,16H,3-4,7,13-15,17H2,1-2H3,(H2,30,33)(H,31,34). The Balaban J connectivity index is 1.52. The molecule has 0 saturated carbocycles. The summed E-state index contributed by atoms with van der Waals surface area (Å²) in [5, 5.41) is 3.08. The van der Waals surface area contributed by atoms with E-state index < -0.39 is 15.9 Å². The molecule has 3 N–H and O–H groups in total. The Kier molecular flexibility index (Phi) is 6.64. The first-order valence-electron chi connectivity index (χ1n) is 12.5. The largest absolute Gasteiger partial charge is 0.366 e. The Hall–Kier alpha value is -3.49. The average molecular weight is 518 g/mol. The molecule has 2 aromatic rings. The molecule has 37 heavy (non-hydrogen) atoms. The molecule has 1 heterocycles. The van der Waals surface area contributed by atoms with Gasteiger partial charge in [-0.3, -0.25) is 9.59 Å². The number of nitrogens with two attached hydrogens (primary N) is 1. The van der Waals surface area contributed by atoms with E-state index in [2.05, 4.69) is 11.4 Å². The Morgan fingerprint density at radius 2 is 1.84 bits per heavy atom. The summed E-state index contributed by atoms with van der Waals surface area (Å²) in [7, 11) is -3.24. The van der Waals surface area contributed by atoms with Gasteiger partial charge < -0.3 is 11.1 Å². The summed E-state index contributed by atoms with van der Waals surface area (Å²) in [6.45, 7) is 2.77. The first kappa shape index (κ1) is 25.2.